The molecule has 0 aliphatic carbocycles. The number of aryl methyl sites for hydroxylation is 1. The first kappa shape index (κ1) is 13.6. The van der Waals surface area contributed by atoms with Crippen LogP contribution < -0.4 is 5.56 Å². The molecule has 0 saturated heterocycles. The first-order valence-corrected chi connectivity index (χ1v) is 6.56. The van der Waals surface area contributed by atoms with Crippen LogP contribution in [0.5, 0.6) is 0 Å². The van der Waals surface area contributed by atoms with E-state index < -0.39 is 0 Å². The molecule has 2 N–H and O–H groups in total. The third kappa shape index (κ3) is 2.63. The fourth-order valence-corrected chi connectivity index (χ4v) is 2.27. The molecule has 0 spiro atoms. The van der Waals surface area contributed by atoms with Crippen LogP contribution in [0.2, 0.25) is 0 Å². The van der Waals surface area contributed by atoms with Gasteiger partial charge in [-0.2, -0.15) is 0 Å². The second kappa shape index (κ2) is 5.45. The van der Waals surface area contributed by atoms with Crippen molar-refractivity contribution < 1.29 is 5.11 Å². The van der Waals surface area contributed by atoms with Crippen molar-refractivity contribution in [1.29, 1.82) is 0 Å². The molecule has 4 nitrogen and oxygen atoms in total. The predicted octanol–water partition coefficient (Wildman–Crippen LogP) is 2.13. The topological polar surface area (TPSA) is 58.0 Å². The van der Waals surface area contributed by atoms with E-state index in [4.69, 9.17) is 5.11 Å². The highest BCUT2D eigenvalue weighted by Gasteiger charge is 2.16. The van der Waals surface area contributed by atoms with Crippen LogP contribution in [0, 0.1) is 6.92 Å². The minimum Gasteiger partial charge on any atom is -0.396 e. The highest BCUT2D eigenvalue weighted by molar-refractivity contribution is 5.36. The monoisotopic (exact) mass is 260 g/mol. The summed E-state index contributed by atoms with van der Waals surface area (Å²) in [4.78, 5) is 12.4. The number of aromatic amines is 1. The maximum absolute atomic E-state index is 12.4. The van der Waals surface area contributed by atoms with Gasteiger partial charge in [0.05, 0.1) is 5.69 Å². The number of nitrogens with one attached hydrogen (secondary N) is 1. The van der Waals surface area contributed by atoms with E-state index in [0.717, 1.165) is 16.9 Å². The molecule has 0 aliphatic rings. The number of hydrogen-bond donors (Lipinski definition) is 2. The van der Waals surface area contributed by atoms with Gasteiger partial charge in [-0.1, -0.05) is 26.0 Å². The zero-order chi connectivity index (χ0) is 14.0. The Balaban J connectivity index is 2.59. The molecule has 0 unspecified atom stereocenters. The Morgan fingerprint density at radius 1 is 1.37 bits per heavy atom. The molecule has 0 amide bonds. The largest absolute Gasteiger partial charge is 0.396 e. The van der Waals surface area contributed by atoms with E-state index in [1.54, 1.807) is 4.68 Å². The Bertz CT molecular complexity index is 623. The van der Waals surface area contributed by atoms with E-state index in [2.05, 4.69) is 5.10 Å². The first-order chi connectivity index (χ1) is 9.04. The van der Waals surface area contributed by atoms with Crippen molar-refractivity contribution in [2.75, 3.05) is 6.61 Å². The van der Waals surface area contributed by atoms with Crippen LogP contribution in [-0.4, -0.2) is 21.5 Å². The van der Waals surface area contributed by atoms with Crippen LogP contribution in [-0.2, 0) is 6.42 Å². The molecule has 102 valence electrons. The van der Waals surface area contributed by atoms with Crippen molar-refractivity contribution in [2.24, 2.45) is 0 Å². The van der Waals surface area contributed by atoms with E-state index in [-0.39, 0.29) is 18.1 Å². The van der Waals surface area contributed by atoms with Gasteiger partial charge in [0.1, 0.15) is 0 Å². The van der Waals surface area contributed by atoms with Gasteiger partial charge in [-0.05, 0) is 30.5 Å². The fourth-order valence-electron chi connectivity index (χ4n) is 2.27. The molecule has 1 heterocycles. The van der Waals surface area contributed by atoms with Gasteiger partial charge in [0.25, 0.3) is 5.56 Å². The van der Waals surface area contributed by atoms with Crippen molar-refractivity contribution in [3.63, 3.8) is 0 Å². The first-order valence-electron chi connectivity index (χ1n) is 6.56. The number of aromatic nitrogens is 2. The molecule has 0 saturated carbocycles. The summed E-state index contributed by atoms with van der Waals surface area (Å²) in [5.41, 5.74) is 3.45. The van der Waals surface area contributed by atoms with Crippen molar-refractivity contribution >= 4 is 0 Å². The molecule has 0 fully saturated rings. The molecule has 0 atom stereocenters. The quantitative estimate of drug-likeness (QED) is 0.884. The number of hydrogen-bond acceptors (Lipinski definition) is 2. The smallest absolute Gasteiger partial charge is 0.274 e. The molecular formula is C15H20N2O2. The summed E-state index contributed by atoms with van der Waals surface area (Å²) in [5.74, 6) is 0.223. The second-order valence-electron chi connectivity index (χ2n) is 5.11. The van der Waals surface area contributed by atoms with Crippen LogP contribution in [0.25, 0.3) is 5.69 Å². The van der Waals surface area contributed by atoms with E-state index in [9.17, 15) is 4.79 Å². The summed E-state index contributed by atoms with van der Waals surface area (Å²) in [6.45, 7) is 6.05. The molecule has 2 rings (SSSR count). The highest BCUT2D eigenvalue weighted by Crippen LogP contribution is 2.17. The minimum absolute atomic E-state index is 0.0133. The van der Waals surface area contributed by atoms with Crippen LogP contribution >= 0.6 is 0 Å². The lowest BCUT2D eigenvalue weighted by molar-refractivity contribution is 0.299. The van der Waals surface area contributed by atoms with Crippen molar-refractivity contribution in [1.82, 2.24) is 9.78 Å². The highest BCUT2D eigenvalue weighted by atomic mass is 16.3. The normalized spacial score (nSPS) is 11.2. The summed E-state index contributed by atoms with van der Waals surface area (Å²) < 4.78 is 1.56. The summed E-state index contributed by atoms with van der Waals surface area (Å²) in [6, 6.07) is 7.79. The van der Waals surface area contributed by atoms with Gasteiger partial charge in [0, 0.05) is 24.3 Å². The van der Waals surface area contributed by atoms with Crippen molar-refractivity contribution in [3.05, 3.63) is 51.4 Å². The average Bonchev–Trinajstić information content (AvgIpc) is 2.68. The van der Waals surface area contributed by atoms with Gasteiger partial charge in [-0.15, -0.1) is 0 Å². The van der Waals surface area contributed by atoms with E-state index >= 15 is 0 Å². The van der Waals surface area contributed by atoms with Crippen LogP contribution in [0.1, 0.15) is 36.6 Å². The second-order valence-corrected chi connectivity index (χ2v) is 5.11. The lowest BCUT2D eigenvalue weighted by Crippen LogP contribution is -2.18. The maximum atomic E-state index is 12.4. The number of aliphatic hydroxyl groups excluding tert-OH is 1. The minimum atomic E-state index is -0.0663. The van der Waals surface area contributed by atoms with Gasteiger partial charge in [-0.25, -0.2) is 4.68 Å². The van der Waals surface area contributed by atoms with E-state index in [0.29, 0.717) is 12.0 Å². The molecule has 1 aromatic heterocycles. The van der Waals surface area contributed by atoms with E-state index in [1.807, 2.05) is 45.0 Å². The van der Waals surface area contributed by atoms with Crippen molar-refractivity contribution in [3.8, 4) is 5.69 Å². The molecule has 0 bridgehead atoms. The van der Waals surface area contributed by atoms with Crippen LogP contribution in [0.15, 0.2) is 29.1 Å². The number of aliphatic hydroxyl groups is 1. The summed E-state index contributed by atoms with van der Waals surface area (Å²) in [5, 5.41) is 12.3. The van der Waals surface area contributed by atoms with Gasteiger partial charge in [0.2, 0.25) is 0 Å². The Hall–Kier alpha value is -1.81. The molecule has 0 radical (unpaired) electrons. The predicted molar refractivity (Wildman–Crippen MR) is 76.0 cm³/mol. The zero-order valence-corrected chi connectivity index (χ0v) is 11.6. The molecule has 4 heteroatoms. The Morgan fingerprint density at radius 2 is 2.11 bits per heavy atom. The molecule has 1 aromatic carbocycles. The Morgan fingerprint density at radius 3 is 2.68 bits per heavy atom. The SMILES string of the molecule is Cc1cccc(-n2[nH]c(C(C)C)c(CCO)c2=O)c1. The maximum Gasteiger partial charge on any atom is 0.274 e. The lowest BCUT2D eigenvalue weighted by Gasteiger charge is -2.05. The summed E-state index contributed by atoms with van der Waals surface area (Å²) in [7, 11) is 0. The van der Waals surface area contributed by atoms with E-state index in [1.165, 1.54) is 0 Å². The summed E-state index contributed by atoms with van der Waals surface area (Å²) >= 11 is 0. The average molecular weight is 260 g/mol. The third-order valence-electron chi connectivity index (χ3n) is 3.22. The molecule has 0 aliphatic heterocycles. The molecule has 19 heavy (non-hydrogen) atoms. The number of H-pyrrole nitrogens is 1. The number of rotatable bonds is 4. The number of benzene rings is 1. The molecule has 2 aromatic rings. The Kier molecular flexibility index (Phi) is 3.90. The van der Waals surface area contributed by atoms with Crippen molar-refractivity contribution in [2.45, 2.75) is 33.1 Å². The van der Waals surface area contributed by atoms with Gasteiger partial charge < -0.3 is 5.11 Å². The fraction of sp³-hybridized carbons (Fsp3) is 0.400. The summed E-state index contributed by atoms with van der Waals surface area (Å²) in [6.07, 6.45) is 0.391. The lowest BCUT2D eigenvalue weighted by atomic mass is 10.0. The molecular weight excluding hydrogens is 240 g/mol. The van der Waals surface area contributed by atoms with Gasteiger partial charge in [0.15, 0.2) is 0 Å². The third-order valence-corrected chi connectivity index (χ3v) is 3.22. The van der Waals surface area contributed by atoms with Gasteiger partial charge in [-0.3, -0.25) is 9.89 Å². The van der Waals surface area contributed by atoms with Crippen LogP contribution in [0.4, 0.5) is 0 Å². The standard InChI is InChI=1S/C15H20N2O2/c1-10(2)14-13(7-8-18)15(19)17(16-14)12-6-4-5-11(3)9-12/h4-6,9-10,16,18H,7-8H2,1-3H3. The van der Waals surface area contributed by atoms with Crippen LogP contribution in [0.3, 0.4) is 0 Å². The Labute approximate surface area is 112 Å². The number of nitrogens with zero attached hydrogens (tertiary/aromatic N) is 1. The zero-order valence-electron chi connectivity index (χ0n) is 11.6. The van der Waals surface area contributed by atoms with Gasteiger partial charge >= 0.3 is 0 Å².